The maximum atomic E-state index is 13.0. The van der Waals surface area contributed by atoms with Crippen LogP contribution in [0.3, 0.4) is 0 Å². The Labute approximate surface area is 171 Å². The first-order chi connectivity index (χ1) is 14.4. The van der Waals surface area contributed by atoms with E-state index in [-0.39, 0.29) is 25.4 Å². The Kier molecular flexibility index (Phi) is 5.65. The smallest absolute Gasteiger partial charge is 0.391 e. The van der Waals surface area contributed by atoms with Gasteiger partial charge in [0.25, 0.3) is 0 Å². The molecule has 0 bridgehead atoms. The number of anilines is 1. The zero-order valence-electron chi connectivity index (χ0n) is 16.2. The fourth-order valence-electron chi connectivity index (χ4n) is 3.85. The summed E-state index contributed by atoms with van der Waals surface area (Å²) < 4.78 is 46.7. The van der Waals surface area contributed by atoms with Crippen molar-refractivity contribution in [3.63, 3.8) is 0 Å². The molecule has 0 saturated heterocycles. The maximum Gasteiger partial charge on any atom is 0.391 e. The highest BCUT2D eigenvalue weighted by molar-refractivity contribution is 5.92. The predicted molar refractivity (Wildman–Crippen MR) is 106 cm³/mol. The highest BCUT2D eigenvalue weighted by Gasteiger charge is 2.43. The number of nitrogens with one attached hydrogen (secondary N) is 1. The lowest BCUT2D eigenvalue weighted by Gasteiger charge is -2.29. The highest BCUT2D eigenvalue weighted by atomic mass is 19.4. The number of nitrogens with zero attached hydrogens (tertiary/aromatic N) is 2. The average Bonchev–Trinajstić information content (AvgIpc) is 3.15. The van der Waals surface area contributed by atoms with Gasteiger partial charge in [-0.05, 0) is 43.5 Å². The van der Waals surface area contributed by atoms with Crippen molar-refractivity contribution >= 4 is 17.2 Å². The first-order valence-electron chi connectivity index (χ1n) is 9.91. The summed E-state index contributed by atoms with van der Waals surface area (Å²) in [5.41, 5.74) is 2.08. The number of alkyl halides is 3. The molecule has 4 rings (SSSR count). The highest BCUT2D eigenvalue weighted by Crippen LogP contribution is 2.40. The molecule has 0 aliphatic heterocycles. The Bertz CT molecular complexity index is 999. The first kappa shape index (κ1) is 20.3. The fraction of sp³-hybridized carbons (Fsp3) is 0.364. The van der Waals surface area contributed by atoms with Crippen molar-refractivity contribution in [1.29, 1.82) is 0 Å². The number of imidazole rings is 1. The lowest BCUT2D eigenvalue weighted by Crippen LogP contribution is -2.34. The zero-order valence-corrected chi connectivity index (χ0v) is 16.2. The SMILES string of the molecule is O=C(Nc1cccc(OCc2cn3ccccc3n2)c1)C1CCCC(C(F)(F)F)C1. The van der Waals surface area contributed by atoms with E-state index in [1.54, 1.807) is 24.3 Å². The Balaban J connectivity index is 1.36. The molecule has 2 heterocycles. The molecule has 1 aliphatic rings. The summed E-state index contributed by atoms with van der Waals surface area (Å²) in [6.07, 6.45) is 0.355. The topological polar surface area (TPSA) is 55.6 Å². The molecule has 1 N–H and O–H groups in total. The van der Waals surface area contributed by atoms with Crippen molar-refractivity contribution in [3.8, 4) is 5.75 Å². The minimum Gasteiger partial charge on any atom is -0.487 e. The van der Waals surface area contributed by atoms with Gasteiger partial charge in [0.05, 0.1) is 11.6 Å². The summed E-state index contributed by atoms with van der Waals surface area (Å²) in [6, 6.07) is 12.6. The number of hydrogen-bond donors (Lipinski definition) is 1. The summed E-state index contributed by atoms with van der Waals surface area (Å²) >= 11 is 0. The van der Waals surface area contributed by atoms with Gasteiger partial charge in [-0.2, -0.15) is 13.2 Å². The normalized spacial score (nSPS) is 19.6. The summed E-state index contributed by atoms with van der Waals surface area (Å²) in [5, 5.41) is 2.74. The van der Waals surface area contributed by atoms with Gasteiger partial charge in [-0.25, -0.2) is 4.98 Å². The third kappa shape index (κ3) is 4.75. The second kappa shape index (κ2) is 8.38. The van der Waals surface area contributed by atoms with Crippen LogP contribution in [0.4, 0.5) is 18.9 Å². The minimum atomic E-state index is -4.25. The van der Waals surface area contributed by atoms with Gasteiger partial charge in [0.1, 0.15) is 18.0 Å². The van der Waals surface area contributed by atoms with Crippen molar-refractivity contribution in [2.45, 2.75) is 38.5 Å². The van der Waals surface area contributed by atoms with Crippen LogP contribution < -0.4 is 10.1 Å². The summed E-state index contributed by atoms with van der Waals surface area (Å²) in [7, 11) is 0. The monoisotopic (exact) mass is 417 g/mol. The van der Waals surface area contributed by atoms with Gasteiger partial charge in [-0.3, -0.25) is 4.79 Å². The molecule has 1 aromatic carbocycles. The Morgan fingerprint density at radius 3 is 2.87 bits per heavy atom. The third-order valence-electron chi connectivity index (χ3n) is 5.41. The molecule has 0 spiro atoms. The quantitative estimate of drug-likeness (QED) is 0.619. The minimum absolute atomic E-state index is 0.0969. The molecule has 8 heteroatoms. The molecule has 2 aromatic heterocycles. The number of aromatic nitrogens is 2. The van der Waals surface area contributed by atoms with Crippen LogP contribution in [0, 0.1) is 11.8 Å². The molecule has 1 fully saturated rings. The second-order valence-corrected chi connectivity index (χ2v) is 7.61. The third-order valence-corrected chi connectivity index (χ3v) is 5.41. The standard InChI is InChI=1S/C22H22F3N3O2/c23-22(24,25)16-6-3-5-15(11-16)21(29)27-17-7-4-8-19(12-17)30-14-18-13-28-10-2-1-9-20(28)26-18/h1-2,4,7-10,12-13,15-16H,3,5-6,11,14H2,(H,27,29). The van der Waals surface area contributed by atoms with E-state index in [1.807, 2.05) is 35.0 Å². The fourth-order valence-corrected chi connectivity index (χ4v) is 3.85. The number of fused-ring (bicyclic) bond motifs is 1. The number of ether oxygens (including phenoxy) is 1. The number of carbonyl (C=O) groups excluding carboxylic acids is 1. The number of benzene rings is 1. The van der Waals surface area contributed by atoms with Crippen LogP contribution in [0.1, 0.15) is 31.4 Å². The molecule has 30 heavy (non-hydrogen) atoms. The van der Waals surface area contributed by atoms with E-state index < -0.39 is 18.0 Å². The molecule has 158 valence electrons. The first-order valence-corrected chi connectivity index (χ1v) is 9.91. The average molecular weight is 417 g/mol. The number of carbonyl (C=O) groups is 1. The van der Waals surface area contributed by atoms with Crippen molar-refractivity contribution in [3.05, 3.63) is 60.6 Å². The van der Waals surface area contributed by atoms with Crippen molar-refractivity contribution in [2.75, 3.05) is 5.32 Å². The van der Waals surface area contributed by atoms with Gasteiger partial charge in [0.2, 0.25) is 5.91 Å². The molecule has 0 radical (unpaired) electrons. The number of rotatable bonds is 5. The molecule has 1 amide bonds. The van der Waals surface area contributed by atoms with E-state index >= 15 is 0 Å². The number of pyridine rings is 1. The maximum absolute atomic E-state index is 13.0. The Morgan fingerprint density at radius 1 is 1.20 bits per heavy atom. The Morgan fingerprint density at radius 2 is 2.07 bits per heavy atom. The van der Waals surface area contributed by atoms with Crippen LogP contribution in [0.2, 0.25) is 0 Å². The van der Waals surface area contributed by atoms with Crippen molar-refractivity contribution < 1.29 is 22.7 Å². The van der Waals surface area contributed by atoms with Gasteiger partial charge >= 0.3 is 6.18 Å². The molecule has 2 atom stereocenters. The molecule has 3 aromatic rings. The van der Waals surface area contributed by atoms with E-state index in [0.29, 0.717) is 24.3 Å². The zero-order chi connectivity index (χ0) is 21.1. The van der Waals surface area contributed by atoms with Crippen molar-refractivity contribution in [1.82, 2.24) is 9.38 Å². The van der Waals surface area contributed by atoms with Crippen LogP contribution >= 0.6 is 0 Å². The van der Waals surface area contributed by atoms with Gasteiger partial charge in [-0.1, -0.05) is 18.6 Å². The Hall–Kier alpha value is -3.03. The summed E-state index contributed by atoms with van der Waals surface area (Å²) in [4.78, 5) is 17.0. The van der Waals surface area contributed by atoms with Gasteiger partial charge < -0.3 is 14.5 Å². The lowest BCUT2D eigenvalue weighted by atomic mass is 9.80. The van der Waals surface area contributed by atoms with E-state index in [2.05, 4.69) is 10.3 Å². The largest absolute Gasteiger partial charge is 0.487 e. The molecule has 2 unspecified atom stereocenters. The molecule has 1 saturated carbocycles. The number of hydrogen-bond acceptors (Lipinski definition) is 3. The second-order valence-electron chi connectivity index (χ2n) is 7.61. The summed E-state index contributed by atoms with van der Waals surface area (Å²) in [6.45, 7) is 0.259. The van der Waals surface area contributed by atoms with E-state index in [1.165, 1.54) is 0 Å². The van der Waals surface area contributed by atoms with Gasteiger partial charge in [0, 0.05) is 30.1 Å². The van der Waals surface area contributed by atoms with E-state index in [0.717, 1.165) is 11.3 Å². The number of halogens is 3. The predicted octanol–water partition coefficient (Wildman–Crippen LogP) is 5.22. The van der Waals surface area contributed by atoms with Crippen molar-refractivity contribution in [2.24, 2.45) is 11.8 Å². The molecular weight excluding hydrogens is 395 g/mol. The molecule has 1 aliphatic carbocycles. The van der Waals surface area contributed by atoms with E-state index in [4.69, 9.17) is 4.74 Å². The van der Waals surface area contributed by atoms with Crippen LogP contribution in [0.15, 0.2) is 54.9 Å². The van der Waals surface area contributed by atoms with Crippen LogP contribution in [0.25, 0.3) is 5.65 Å². The van der Waals surface area contributed by atoms with Crippen LogP contribution in [0.5, 0.6) is 5.75 Å². The number of amides is 1. The molecular formula is C22H22F3N3O2. The van der Waals surface area contributed by atoms with Gasteiger partial charge in [0.15, 0.2) is 0 Å². The van der Waals surface area contributed by atoms with Gasteiger partial charge in [-0.15, -0.1) is 0 Å². The lowest BCUT2D eigenvalue weighted by molar-refractivity contribution is -0.185. The summed E-state index contributed by atoms with van der Waals surface area (Å²) in [5.74, 6) is -1.86. The van der Waals surface area contributed by atoms with E-state index in [9.17, 15) is 18.0 Å². The van der Waals surface area contributed by atoms with Crippen LogP contribution in [-0.2, 0) is 11.4 Å². The molecule has 5 nitrogen and oxygen atoms in total. The van der Waals surface area contributed by atoms with Crippen LogP contribution in [-0.4, -0.2) is 21.5 Å².